The molecule has 29 heavy (non-hydrogen) atoms. The highest BCUT2D eigenvalue weighted by Crippen LogP contribution is 2.24. The number of benzene rings is 2. The Labute approximate surface area is 167 Å². The van der Waals surface area contributed by atoms with Gasteiger partial charge in [-0.3, -0.25) is 9.59 Å². The number of hydrogen-bond acceptors (Lipinski definition) is 6. The fourth-order valence-corrected chi connectivity index (χ4v) is 3.15. The molecule has 0 unspecified atom stereocenters. The van der Waals surface area contributed by atoms with Crippen LogP contribution in [0.25, 0.3) is 5.69 Å². The monoisotopic (exact) mass is 392 g/mol. The normalized spacial score (nSPS) is 13.6. The van der Waals surface area contributed by atoms with Crippen molar-refractivity contribution in [2.24, 2.45) is 0 Å². The van der Waals surface area contributed by atoms with Gasteiger partial charge in [-0.1, -0.05) is 6.07 Å². The SMILES string of the molecule is Cc1ccc(-n2cnnn2)cc1NC(=O)COc1ccc(N2CCCC2=O)cc1. The number of anilines is 2. The zero-order valence-corrected chi connectivity index (χ0v) is 15.9. The maximum atomic E-state index is 12.3. The minimum Gasteiger partial charge on any atom is -0.484 e. The molecule has 0 radical (unpaired) electrons. The first kappa shape index (κ1) is 18.6. The Morgan fingerprint density at radius 2 is 1.97 bits per heavy atom. The molecule has 2 heterocycles. The molecule has 4 rings (SSSR count). The largest absolute Gasteiger partial charge is 0.484 e. The quantitative estimate of drug-likeness (QED) is 0.689. The summed E-state index contributed by atoms with van der Waals surface area (Å²) in [6.07, 6.45) is 2.95. The first-order chi connectivity index (χ1) is 14.1. The van der Waals surface area contributed by atoms with E-state index in [2.05, 4.69) is 20.8 Å². The predicted molar refractivity (Wildman–Crippen MR) is 106 cm³/mol. The number of ether oxygens (including phenoxy) is 1. The Morgan fingerprint density at radius 3 is 2.66 bits per heavy atom. The first-order valence-corrected chi connectivity index (χ1v) is 9.27. The van der Waals surface area contributed by atoms with E-state index in [4.69, 9.17) is 4.74 Å². The average Bonchev–Trinajstić information content (AvgIpc) is 3.40. The first-order valence-electron chi connectivity index (χ1n) is 9.27. The Kier molecular flexibility index (Phi) is 5.19. The van der Waals surface area contributed by atoms with Crippen molar-refractivity contribution < 1.29 is 14.3 Å². The standard InChI is InChI=1S/C20H20N6O3/c1-14-4-5-16(26-13-21-23-24-26)11-18(14)22-19(27)12-29-17-8-6-15(7-9-17)25-10-2-3-20(25)28/h4-9,11,13H,2-3,10,12H2,1H3,(H,22,27). The second-order valence-corrected chi connectivity index (χ2v) is 6.73. The summed E-state index contributed by atoms with van der Waals surface area (Å²) in [5.41, 5.74) is 3.16. The van der Waals surface area contributed by atoms with Gasteiger partial charge in [0.2, 0.25) is 5.91 Å². The molecule has 0 atom stereocenters. The zero-order valence-electron chi connectivity index (χ0n) is 15.9. The van der Waals surface area contributed by atoms with Crippen LogP contribution in [-0.2, 0) is 9.59 Å². The summed E-state index contributed by atoms with van der Waals surface area (Å²) in [7, 11) is 0. The fraction of sp³-hybridized carbons (Fsp3) is 0.250. The van der Waals surface area contributed by atoms with Crippen molar-refractivity contribution in [1.29, 1.82) is 0 Å². The maximum absolute atomic E-state index is 12.3. The number of carbonyl (C=O) groups is 2. The number of tetrazole rings is 1. The second kappa shape index (κ2) is 8.09. The third-order valence-electron chi connectivity index (χ3n) is 4.70. The van der Waals surface area contributed by atoms with Gasteiger partial charge in [-0.15, -0.1) is 5.10 Å². The molecule has 0 bridgehead atoms. The van der Waals surface area contributed by atoms with E-state index in [0.717, 1.165) is 29.9 Å². The molecule has 148 valence electrons. The lowest BCUT2D eigenvalue weighted by atomic mass is 10.2. The Balaban J connectivity index is 1.35. The van der Waals surface area contributed by atoms with Crippen molar-refractivity contribution in [2.75, 3.05) is 23.4 Å². The van der Waals surface area contributed by atoms with E-state index in [1.165, 1.54) is 11.0 Å². The highest BCUT2D eigenvalue weighted by Gasteiger charge is 2.21. The number of amides is 2. The molecule has 1 aliphatic rings. The molecule has 1 fully saturated rings. The number of nitrogens with one attached hydrogen (secondary N) is 1. The minimum atomic E-state index is -0.277. The highest BCUT2D eigenvalue weighted by molar-refractivity contribution is 5.95. The molecule has 1 aromatic heterocycles. The van der Waals surface area contributed by atoms with E-state index in [-0.39, 0.29) is 18.4 Å². The van der Waals surface area contributed by atoms with Gasteiger partial charge in [0.1, 0.15) is 12.1 Å². The van der Waals surface area contributed by atoms with Crippen LogP contribution in [0.5, 0.6) is 5.75 Å². The molecule has 1 aliphatic heterocycles. The lowest BCUT2D eigenvalue weighted by Crippen LogP contribution is -2.23. The van der Waals surface area contributed by atoms with Crippen LogP contribution in [0.3, 0.4) is 0 Å². The van der Waals surface area contributed by atoms with Gasteiger partial charge in [-0.05, 0) is 65.7 Å². The third kappa shape index (κ3) is 4.23. The van der Waals surface area contributed by atoms with Gasteiger partial charge in [-0.2, -0.15) is 0 Å². The smallest absolute Gasteiger partial charge is 0.262 e. The number of aryl methyl sites for hydroxylation is 1. The maximum Gasteiger partial charge on any atom is 0.262 e. The summed E-state index contributed by atoms with van der Waals surface area (Å²) in [6, 6.07) is 12.7. The molecule has 3 aromatic rings. The summed E-state index contributed by atoms with van der Waals surface area (Å²) in [5, 5.41) is 13.9. The van der Waals surface area contributed by atoms with Crippen molar-refractivity contribution in [2.45, 2.75) is 19.8 Å². The summed E-state index contributed by atoms with van der Waals surface area (Å²) in [5.74, 6) is 0.424. The molecule has 1 saturated heterocycles. The van der Waals surface area contributed by atoms with Crippen LogP contribution in [0.2, 0.25) is 0 Å². The summed E-state index contributed by atoms with van der Waals surface area (Å²) in [4.78, 5) is 25.9. The summed E-state index contributed by atoms with van der Waals surface area (Å²) < 4.78 is 7.09. The lowest BCUT2D eigenvalue weighted by Gasteiger charge is -2.16. The van der Waals surface area contributed by atoms with Crippen molar-refractivity contribution in [3.05, 3.63) is 54.4 Å². The van der Waals surface area contributed by atoms with E-state index in [1.54, 1.807) is 23.1 Å². The van der Waals surface area contributed by atoms with Crippen LogP contribution in [0.15, 0.2) is 48.8 Å². The van der Waals surface area contributed by atoms with E-state index in [1.807, 2.05) is 31.2 Å². The van der Waals surface area contributed by atoms with E-state index < -0.39 is 0 Å². The number of nitrogens with zero attached hydrogens (tertiary/aromatic N) is 5. The van der Waals surface area contributed by atoms with Crippen molar-refractivity contribution in [1.82, 2.24) is 20.2 Å². The topological polar surface area (TPSA) is 102 Å². The molecule has 2 aromatic carbocycles. The summed E-state index contributed by atoms with van der Waals surface area (Å²) >= 11 is 0. The molecule has 9 nitrogen and oxygen atoms in total. The van der Waals surface area contributed by atoms with Gasteiger partial charge < -0.3 is 15.0 Å². The van der Waals surface area contributed by atoms with Gasteiger partial charge in [0, 0.05) is 24.3 Å². The van der Waals surface area contributed by atoms with Crippen LogP contribution < -0.4 is 15.0 Å². The Hall–Kier alpha value is -3.75. The number of carbonyl (C=O) groups excluding carboxylic acids is 2. The Morgan fingerprint density at radius 1 is 1.17 bits per heavy atom. The average molecular weight is 392 g/mol. The van der Waals surface area contributed by atoms with Gasteiger partial charge in [0.05, 0.1) is 5.69 Å². The molecule has 0 aliphatic carbocycles. The number of aromatic nitrogens is 4. The van der Waals surface area contributed by atoms with Gasteiger partial charge in [0.25, 0.3) is 5.91 Å². The number of hydrogen-bond donors (Lipinski definition) is 1. The number of rotatable bonds is 6. The predicted octanol–water partition coefficient (Wildman–Crippen LogP) is 2.12. The highest BCUT2D eigenvalue weighted by atomic mass is 16.5. The summed E-state index contributed by atoms with van der Waals surface area (Å²) in [6.45, 7) is 2.51. The third-order valence-corrected chi connectivity index (χ3v) is 4.70. The minimum absolute atomic E-state index is 0.128. The van der Waals surface area contributed by atoms with Gasteiger partial charge in [-0.25, -0.2) is 4.68 Å². The van der Waals surface area contributed by atoms with Crippen LogP contribution in [0.1, 0.15) is 18.4 Å². The van der Waals surface area contributed by atoms with Gasteiger partial charge in [0.15, 0.2) is 6.61 Å². The van der Waals surface area contributed by atoms with E-state index in [0.29, 0.717) is 17.9 Å². The van der Waals surface area contributed by atoms with Crippen LogP contribution in [0.4, 0.5) is 11.4 Å². The van der Waals surface area contributed by atoms with Crippen molar-refractivity contribution in [3.63, 3.8) is 0 Å². The van der Waals surface area contributed by atoms with E-state index >= 15 is 0 Å². The zero-order chi connectivity index (χ0) is 20.2. The molecule has 0 saturated carbocycles. The van der Waals surface area contributed by atoms with Crippen molar-refractivity contribution >= 4 is 23.2 Å². The Bertz CT molecular complexity index is 1020. The fourth-order valence-electron chi connectivity index (χ4n) is 3.15. The van der Waals surface area contributed by atoms with Crippen LogP contribution in [-0.4, -0.2) is 45.2 Å². The molecule has 0 spiro atoms. The van der Waals surface area contributed by atoms with Crippen molar-refractivity contribution in [3.8, 4) is 11.4 Å². The molecular weight excluding hydrogens is 372 g/mol. The molecule has 9 heteroatoms. The lowest BCUT2D eigenvalue weighted by molar-refractivity contribution is -0.118. The molecule has 1 N–H and O–H groups in total. The van der Waals surface area contributed by atoms with Crippen LogP contribution in [0, 0.1) is 6.92 Å². The molecular formula is C20H20N6O3. The van der Waals surface area contributed by atoms with Gasteiger partial charge >= 0.3 is 0 Å². The molecule has 2 amide bonds. The van der Waals surface area contributed by atoms with Crippen LogP contribution >= 0.6 is 0 Å². The van der Waals surface area contributed by atoms with E-state index in [9.17, 15) is 9.59 Å². The second-order valence-electron chi connectivity index (χ2n) is 6.73.